The van der Waals surface area contributed by atoms with Gasteiger partial charge in [0.15, 0.2) is 5.82 Å². The number of para-hydroxylation sites is 3. The number of allylic oxidation sites excluding steroid dienone is 5. The highest BCUT2D eigenvalue weighted by atomic mass is 32.1. The van der Waals surface area contributed by atoms with Crippen molar-refractivity contribution in [3.8, 4) is 28.3 Å². The minimum Gasteiger partial charge on any atom is -0.309 e. The first kappa shape index (κ1) is 31.9. The lowest BCUT2D eigenvalue weighted by atomic mass is 9.74. The van der Waals surface area contributed by atoms with Gasteiger partial charge in [0.25, 0.3) is 0 Å². The zero-order valence-corrected chi connectivity index (χ0v) is 31.7. The monoisotopic (exact) mass is 724 g/mol. The lowest BCUT2D eigenvalue weighted by Gasteiger charge is -2.35. The maximum Gasteiger partial charge on any atom is 0.160 e. The summed E-state index contributed by atoms with van der Waals surface area (Å²) >= 11 is 1.90. The summed E-state index contributed by atoms with van der Waals surface area (Å²) in [7, 11) is 0. The fourth-order valence-electron chi connectivity index (χ4n) is 9.10. The second-order valence-electron chi connectivity index (χ2n) is 15.0. The maximum absolute atomic E-state index is 5.42. The Morgan fingerprint density at radius 3 is 2.27 bits per heavy atom. The van der Waals surface area contributed by atoms with E-state index in [1.807, 2.05) is 24.3 Å². The molecule has 1 aliphatic rings. The van der Waals surface area contributed by atoms with Gasteiger partial charge in [0.1, 0.15) is 0 Å². The fourth-order valence-corrected chi connectivity index (χ4v) is 10.3. The van der Waals surface area contributed by atoms with Crippen LogP contribution in [0.3, 0.4) is 0 Å². The Balaban J connectivity index is 1.13. The Labute approximate surface area is 322 Å². The molecule has 0 N–H and O–H groups in total. The van der Waals surface area contributed by atoms with E-state index in [2.05, 4.69) is 175 Å². The van der Waals surface area contributed by atoms with Crippen molar-refractivity contribution < 1.29 is 0 Å². The number of aromatic nitrogens is 4. The highest BCUT2D eigenvalue weighted by Crippen LogP contribution is 2.51. The number of nitrogens with zero attached hydrogens (tertiary/aromatic N) is 4. The second kappa shape index (κ2) is 11.7. The highest BCUT2D eigenvalue weighted by molar-refractivity contribution is 7.26. The molecule has 0 bridgehead atoms. The minimum atomic E-state index is -0.234. The van der Waals surface area contributed by atoms with E-state index in [1.165, 1.54) is 58.8 Å². The van der Waals surface area contributed by atoms with Crippen LogP contribution in [0.15, 0.2) is 158 Å². The molecule has 55 heavy (non-hydrogen) atoms. The summed E-state index contributed by atoms with van der Waals surface area (Å²) in [6, 6.07) is 46.2. The van der Waals surface area contributed by atoms with E-state index >= 15 is 0 Å². The number of benzene rings is 6. The topological polar surface area (TPSA) is 35.6 Å². The van der Waals surface area contributed by atoms with Crippen molar-refractivity contribution >= 4 is 80.9 Å². The molecular weight excluding hydrogens is 689 g/mol. The van der Waals surface area contributed by atoms with E-state index < -0.39 is 0 Å². The van der Waals surface area contributed by atoms with Crippen LogP contribution in [-0.2, 0) is 5.41 Å². The van der Waals surface area contributed by atoms with Crippen LogP contribution in [-0.4, -0.2) is 19.1 Å². The summed E-state index contributed by atoms with van der Waals surface area (Å²) in [5, 5.41) is 6.03. The normalized spacial score (nSPS) is 14.0. The van der Waals surface area contributed by atoms with Crippen molar-refractivity contribution in [2.75, 3.05) is 0 Å². The highest BCUT2D eigenvalue weighted by Gasteiger charge is 2.36. The van der Waals surface area contributed by atoms with E-state index in [-0.39, 0.29) is 5.41 Å². The van der Waals surface area contributed by atoms with Gasteiger partial charge in [-0.1, -0.05) is 111 Å². The van der Waals surface area contributed by atoms with Gasteiger partial charge in [-0.2, -0.15) is 0 Å². The summed E-state index contributed by atoms with van der Waals surface area (Å²) < 4.78 is 7.51. The Bertz CT molecular complexity index is 3330. The summed E-state index contributed by atoms with van der Waals surface area (Å²) in [6.07, 6.45) is 8.12. The molecule has 0 spiro atoms. The Morgan fingerprint density at radius 1 is 0.673 bits per heavy atom. The quantitative estimate of drug-likeness (QED) is 0.166. The number of thiophene rings is 1. The van der Waals surface area contributed by atoms with Crippen LogP contribution in [0.2, 0.25) is 0 Å². The molecule has 0 unspecified atom stereocenters. The van der Waals surface area contributed by atoms with Crippen molar-refractivity contribution in [3.05, 3.63) is 169 Å². The second-order valence-corrected chi connectivity index (χ2v) is 16.0. The van der Waals surface area contributed by atoms with E-state index in [9.17, 15) is 0 Å². The van der Waals surface area contributed by atoms with Crippen LogP contribution in [0.25, 0.3) is 97.9 Å². The van der Waals surface area contributed by atoms with Crippen LogP contribution in [0, 0.1) is 0 Å². The van der Waals surface area contributed by atoms with Crippen molar-refractivity contribution in [2.24, 2.45) is 0 Å². The summed E-state index contributed by atoms with van der Waals surface area (Å²) in [5.41, 5.74) is 13.5. The molecule has 0 saturated heterocycles. The maximum atomic E-state index is 5.42. The molecule has 6 aromatic carbocycles. The molecule has 0 radical (unpaired) electrons. The van der Waals surface area contributed by atoms with Crippen LogP contribution in [0.1, 0.15) is 31.9 Å². The molecule has 5 heteroatoms. The van der Waals surface area contributed by atoms with Gasteiger partial charge in [0.2, 0.25) is 0 Å². The van der Waals surface area contributed by atoms with Crippen molar-refractivity contribution in [1.82, 2.24) is 19.1 Å². The van der Waals surface area contributed by atoms with Gasteiger partial charge in [0, 0.05) is 53.9 Å². The van der Waals surface area contributed by atoms with Gasteiger partial charge in [0.05, 0.1) is 43.7 Å². The minimum absolute atomic E-state index is 0.234. The molecule has 4 nitrogen and oxygen atoms in total. The van der Waals surface area contributed by atoms with Crippen LogP contribution < -0.4 is 0 Å². The number of hydrogen-bond donors (Lipinski definition) is 0. The van der Waals surface area contributed by atoms with E-state index in [0.29, 0.717) is 0 Å². The molecular formula is C50H36N4S. The predicted molar refractivity (Wildman–Crippen MR) is 235 cm³/mol. The first-order valence-corrected chi connectivity index (χ1v) is 19.6. The predicted octanol–water partition coefficient (Wildman–Crippen LogP) is 13.6. The first-order chi connectivity index (χ1) is 27.0. The smallest absolute Gasteiger partial charge is 0.160 e. The summed E-state index contributed by atoms with van der Waals surface area (Å²) in [5.74, 6) is 0.724. The van der Waals surface area contributed by atoms with Gasteiger partial charge in [-0.25, -0.2) is 9.97 Å². The standard InChI is InChI=1S/C50H36N4S/c1-5-14-32(15-6-2)53-41-22-11-8-16-33(41)37-28-30(24-26-42(37)53)45-34-17-7-10-21-40(34)51-49(52-45)31-25-27-43-39(29-31)50(3,4)38-20-13-19-36-46(38)54(43)47-35-18-9-12-23-44(35)55-48(36)47/h5-29H,1H2,2-4H3/b15-6-,32-14+. The Kier molecular flexibility index (Phi) is 6.80. The molecule has 10 aromatic rings. The lowest BCUT2D eigenvalue weighted by Crippen LogP contribution is -2.26. The Hall–Kier alpha value is -6.56. The third kappa shape index (κ3) is 4.45. The summed E-state index contributed by atoms with van der Waals surface area (Å²) in [4.78, 5) is 10.6. The molecule has 0 aliphatic carbocycles. The third-order valence-corrected chi connectivity index (χ3v) is 12.8. The van der Waals surface area contributed by atoms with Crippen LogP contribution >= 0.6 is 11.3 Å². The molecule has 0 atom stereocenters. The molecule has 5 heterocycles. The van der Waals surface area contributed by atoms with Gasteiger partial charge < -0.3 is 9.13 Å². The average molecular weight is 725 g/mol. The molecule has 1 aliphatic heterocycles. The van der Waals surface area contributed by atoms with Gasteiger partial charge >= 0.3 is 0 Å². The first-order valence-electron chi connectivity index (χ1n) is 18.8. The zero-order valence-electron chi connectivity index (χ0n) is 30.8. The van der Waals surface area contributed by atoms with Gasteiger partial charge in [-0.3, -0.25) is 0 Å². The van der Waals surface area contributed by atoms with Gasteiger partial charge in [-0.05, 0) is 78.7 Å². The third-order valence-electron chi connectivity index (χ3n) is 11.6. The largest absolute Gasteiger partial charge is 0.309 e. The molecule has 11 rings (SSSR count). The summed E-state index contributed by atoms with van der Waals surface area (Å²) in [6.45, 7) is 10.8. The molecule has 262 valence electrons. The fraction of sp³-hybridized carbons (Fsp3) is 0.0800. The molecule has 0 fully saturated rings. The number of hydrogen-bond acceptors (Lipinski definition) is 3. The van der Waals surface area contributed by atoms with E-state index in [4.69, 9.17) is 9.97 Å². The number of fused-ring (bicyclic) bond motifs is 11. The number of rotatable bonds is 5. The Morgan fingerprint density at radius 2 is 1.42 bits per heavy atom. The van der Waals surface area contributed by atoms with Crippen molar-refractivity contribution in [2.45, 2.75) is 26.2 Å². The lowest BCUT2D eigenvalue weighted by molar-refractivity contribution is 0.630. The van der Waals surface area contributed by atoms with E-state index in [1.54, 1.807) is 0 Å². The van der Waals surface area contributed by atoms with E-state index in [0.717, 1.165) is 50.3 Å². The van der Waals surface area contributed by atoms with Gasteiger partial charge in [-0.15, -0.1) is 11.3 Å². The van der Waals surface area contributed by atoms with Crippen molar-refractivity contribution in [1.29, 1.82) is 0 Å². The zero-order chi connectivity index (χ0) is 37.0. The average Bonchev–Trinajstić information content (AvgIpc) is 3.87. The van der Waals surface area contributed by atoms with Crippen LogP contribution in [0.4, 0.5) is 0 Å². The molecule has 0 amide bonds. The van der Waals surface area contributed by atoms with Crippen molar-refractivity contribution in [3.63, 3.8) is 0 Å². The van der Waals surface area contributed by atoms with Crippen LogP contribution in [0.5, 0.6) is 0 Å². The molecule has 0 saturated carbocycles. The molecule has 4 aromatic heterocycles. The SMILES string of the molecule is C=C/C=C(\C=C/C)n1c2ccccc2c2cc(-c3nc(-c4ccc5c(c4)C(C)(C)c4cccc6c7sc8ccccc8c7n-5c46)nc4ccccc34)ccc21.